The van der Waals surface area contributed by atoms with Crippen molar-refractivity contribution >= 4 is 18.0 Å². The van der Waals surface area contributed by atoms with Gasteiger partial charge in [-0.25, -0.2) is 0 Å². The van der Waals surface area contributed by atoms with Gasteiger partial charge in [-0.2, -0.15) is 0 Å². The first-order valence-electron chi connectivity index (χ1n) is 6.12. The van der Waals surface area contributed by atoms with E-state index in [9.17, 15) is 9.59 Å². The third-order valence-corrected chi connectivity index (χ3v) is 2.63. The van der Waals surface area contributed by atoms with E-state index in [0.29, 0.717) is 6.54 Å². The van der Waals surface area contributed by atoms with E-state index in [1.807, 2.05) is 0 Å². The largest absolute Gasteiger partial charge is 0.508 e. The topological polar surface area (TPSA) is 107 Å². The van der Waals surface area contributed by atoms with Gasteiger partial charge in [0.1, 0.15) is 11.8 Å². The lowest BCUT2D eigenvalue weighted by Gasteiger charge is -2.11. The highest BCUT2D eigenvalue weighted by Crippen LogP contribution is 2.10. The molecule has 0 spiro atoms. The van der Waals surface area contributed by atoms with Crippen LogP contribution >= 0.6 is 0 Å². The smallest absolute Gasteiger partial charge is 0.320 e. The Hall–Kier alpha value is -2.34. The molecule has 0 saturated carbocycles. The van der Waals surface area contributed by atoms with E-state index in [1.54, 1.807) is 36.4 Å². The van der Waals surface area contributed by atoms with Crippen molar-refractivity contribution < 1.29 is 24.9 Å². The van der Waals surface area contributed by atoms with Crippen LogP contribution in [0.4, 0.5) is 0 Å². The number of carboxylic acids is 2. The van der Waals surface area contributed by atoms with Gasteiger partial charge < -0.3 is 20.6 Å². The zero-order chi connectivity index (χ0) is 15.0. The number of hydrogen-bond acceptors (Lipinski definition) is 4. The van der Waals surface area contributed by atoms with E-state index in [1.165, 1.54) is 0 Å². The van der Waals surface area contributed by atoms with Crippen molar-refractivity contribution in [2.45, 2.75) is 18.9 Å². The molecule has 0 aliphatic rings. The summed E-state index contributed by atoms with van der Waals surface area (Å²) >= 11 is 0. The number of carbonyl (C=O) groups is 2. The van der Waals surface area contributed by atoms with Crippen molar-refractivity contribution in [3.63, 3.8) is 0 Å². The summed E-state index contributed by atoms with van der Waals surface area (Å²) in [5.74, 6) is -1.90. The van der Waals surface area contributed by atoms with E-state index in [4.69, 9.17) is 15.3 Å². The molecule has 0 radical (unpaired) electrons. The number of phenolic OH excluding ortho intramolecular Hbond substituents is 1. The van der Waals surface area contributed by atoms with Gasteiger partial charge in [0.2, 0.25) is 0 Å². The van der Waals surface area contributed by atoms with Crippen LogP contribution in [0.3, 0.4) is 0 Å². The van der Waals surface area contributed by atoms with Gasteiger partial charge in [-0.15, -0.1) is 0 Å². The van der Waals surface area contributed by atoms with Crippen LogP contribution in [0.5, 0.6) is 5.75 Å². The van der Waals surface area contributed by atoms with Gasteiger partial charge >= 0.3 is 11.9 Å². The number of hydrogen-bond donors (Lipinski definition) is 4. The summed E-state index contributed by atoms with van der Waals surface area (Å²) in [7, 11) is 0. The summed E-state index contributed by atoms with van der Waals surface area (Å²) in [5, 5.41) is 29.3. The standard InChI is InChI=1S/C14H17NO5/c16-11-5-3-10(4-6-11)2-1-9-15-12(14(19)20)7-8-13(17)18/h1-6,12,15-16H,7-9H2,(H,17,18)(H,19,20)/b2-1+/t12-/m0/s1. The third kappa shape index (κ3) is 6.01. The van der Waals surface area contributed by atoms with E-state index < -0.39 is 18.0 Å². The number of nitrogens with one attached hydrogen (secondary N) is 1. The maximum Gasteiger partial charge on any atom is 0.320 e. The Morgan fingerprint density at radius 3 is 2.40 bits per heavy atom. The number of aliphatic carboxylic acids is 2. The highest BCUT2D eigenvalue weighted by atomic mass is 16.4. The van der Waals surface area contributed by atoms with Crippen LogP contribution in [0.25, 0.3) is 6.08 Å². The molecule has 6 nitrogen and oxygen atoms in total. The van der Waals surface area contributed by atoms with E-state index in [-0.39, 0.29) is 18.6 Å². The van der Waals surface area contributed by atoms with Crippen LogP contribution in [0, 0.1) is 0 Å². The predicted octanol–water partition coefficient (Wildman–Crippen LogP) is 1.31. The van der Waals surface area contributed by atoms with Gasteiger partial charge in [-0.1, -0.05) is 24.3 Å². The lowest BCUT2D eigenvalue weighted by molar-refractivity contribution is -0.140. The second-order valence-corrected chi connectivity index (χ2v) is 4.23. The Balaban J connectivity index is 2.41. The third-order valence-electron chi connectivity index (χ3n) is 2.63. The fourth-order valence-corrected chi connectivity index (χ4v) is 1.57. The monoisotopic (exact) mass is 279 g/mol. The zero-order valence-electron chi connectivity index (χ0n) is 10.8. The Labute approximate surface area is 116 Å². The lowest BCUT2D eigenvalue weighted by Crippen LogP contribution is -2.37. The minimum atomic E-state index is -1.07. The second kappa shape index (κ2) is 7.96. The number of aromatic hydroxyl groups is 1. The van der Waals surface area contributed by atoms with Crippen molar-refractivity contribution in [2.75, 3.05) is 6.54 Å². The number of benzene rings is 1. The average Bonchev–Trinajstić information content (AvgIpc) is 2.39. The summed E-state index contributed by atoms with van der Waals surface area (Å²) in [6, 6.07) is 5.69. The van der Waals surface area contributed by atoms with Crippen molar-refractivity contribution in [3.05, 3.63) is 35.9 Å². The van der Waals surface area contributed by atoms with Crippen LogP contribution in [0.1, 0.15) is 18.4 Å². The van der Waals surface area contributed by atoms with Gasteiger partial charge in [-0.05, 0) is 24.1 Å². The predicted molar refractivity (Wildman–Crippen MR) is 73.4 cm³/mol. The van der Waals surface area contributed by atoms with Crippen LogP contribution in [-0.4, -0.2) is 39.8 Å². The van der Waals surface area contributed by atoms with Crippen molar-refractivity contribution in [1.29, 1.82) is 0 Å². The Morgan fingerprint density at radius 1 is 1.20 bits per heavy atom. The normalized spacial score (nSPS) is 12.4. The summed E-state index contributed by atoms with van der Waals surface area (Å²) in [5.41, 5.74) is 0.877. The minimum absolute atomic E-state index is 0.0394. The summed E-state index contributed by atoms with van der Waals surface area (Å²) in [4.78, 5) is 21.3. The summed E-state index contributed by atoms with van der Waals surface area (Å²) in [6.07, 6.45) is 3.37. The molecule has 0 fully saturated rings. The average molecular weight is 279 g/mol. The quantitative estimate of drug-likeness (QED) is 0.571. The lowest BCUT2D eigenvalue weighted by atomic mass is 10.1. The van der Waals surface area contributed by atoms with Crippen LogP contribution < -0.4 is 5.32 Å². The molecule has 108 valence electrons. The fourth-order valence-electron chi connectivity index (χ4n) is 1.57. The second-order valence-electron chi connectivity index (χ2n) is 4.23. The molecule has 1 aromatic rings. The number of phenols is 1. The molecule has 0 aliphatic heterocycles. The highest BCUT2D eigenvalue weighted by molar-refractivity contribution is 5.75. The van der Waals surface area contributed by atoms with Gasteiger partial charge in [0.15, 0.2) is 0 Å². The molecule has 6 heteroatoms. The first kappa shape index (κ1) is 15.7. The highest BCUT2D eigenvalue weighted by Gasteiger charge is 2.16. The van der Waals surface area contributed by atoms with Crippen molar-refractivity contribution in [3.8, 4) is 5.75 Å². The molecule has 1 rings (SSSR count). The molecule has 1 aromatic carbocycles. The van der Waals surface area contributed by atoms with Crippen molar-refractivity contribution in [2.24, 2.45) is 0 Å². The maximum absolute atomic E-state index is 10.9. The van der Waals surface area contributed by atoms with E-state index in [0.717, 1.165) is 5.56 Å². The van der Waals surface area contributed by atoms with E-state index >= 15 is 0 Å². The van der Waals surface area contributed by atoms with Crippen LogP contribution in [0.2, 0.25) is 0 Å². The van der Waals surface area contributed by atoms with Crippen molar-refractivity contribution in [1.82, 2.24) is 5.32 Å². The molecule has 4 N–H and O–H groups in total. The molecule has 0 aromatic heterocycles. The van der Waals surface area contributed by atoms with Crippen LogP contribution in [-0.2, 0) is 9.59 Å². The Morgan fingerprint density at radius 2 is 1.85 bits per heavy atom. The Kier molecular flexibility index (Phi) is 6.25. The molecular formula is C14H17NO5. The fraction of sp³-hybridized carbons (Fsp3) is 0.286. The van der Waals surface area contributed by atoms with Crippen LogP contribution in [0.15, 0.2) is 30.3 Å². The van der Waals surface area contributed by atoms with Gasteiger partial charge in [0, 0.05) is 13.0 Å². The number of rotatable bonds is 8. The molecule has 1 atom stereocenters. The van der Waals surface area contributed by atoms with Gasteiger partial charge in [0.25, 0.3) is 0 Å². The summed E-state index contributed by atoms with van der Waals surface area (Å²) in [6.45, 7) is 0.317. The van der Waals surface area contributed by atoms with Gasteiger partial charge in [-0.3, -0.25) is 9.59 Å². The summed E-state index contributed by atoms with van der Waals surface area (Å²) < 4.78 is 0. The molecule has 0 heterocycles. The molecule has 20 heavy (non-hydrogen) atoms. The molecule has 0 unspecified atom stereocenters. The SMILES string of the molecule is O=C(O)CC[C@H](NC/C=C/c1ccc(O)cc1)C(=O)O. The minimum Gasteiger partial charge on any atom is -0.508 e. The Bertz CT molecular complexity index is 481. The number of carboxylic acid groups (broad SMARTS) is 2. The van der Waals surface area contributed by atoms with Gasteiger partial charge in [0.05, 0.1) is 0 Å². The first-order valence-corrected chi connectivity index (χ1v) is 6.12. The molecule has 0 saturated heterocycles. The van der Waals surface area contributed by atoms with E-state index in [2.05, 4.69) is 5.32 Å². The molecule has 0 aliphatic carbocycles. The maximum atomic E-state index is 10.9. The zero-order valence-corrected chi connectivity index (χ0v) is 10.8. The first-order chi connectivity index (χ1) is 9.49. The molecule has 0 amide bonds. The molecule has 0 bridgehead atoms. The molecular weight excluding hydrogens is 262 g/mol.